The highest BCUT2D eigenvalue weighted by Crippen LogP contribution is 2.37. The molecule has 1 heterocycles. The van der Waals surface area contributed by atoms with Gasteiger partial charge in [-0.2, -0.15) is 5.26 Å². The van der Waals surface area contributed by atoms with E-state index in [4.69, 9.17) is 5.26 Å². The van der Waals surface area contributed by atoms with Gasteiger partial charge in [0.1, 0.15) is 17.5 Å². The number of aromatic amines is 1. The fraction of sp³-hybridized carbons (Fsp3) is 0.375. The molecule has 1 aromatic heterocycles. The first-order valence-electron chi connectivity index (χ1n) is 3.80. The Kier molecular flexibility index (Phi) is 1.44. The molecular formula is C8H7N3O. The molecule has 60 valence electrons. The summed E-state index contributed by atoms with van der Waals surface area (Å²) in [5.41, 5.74) is -0.242. The van der Waals surface area contributed by atoms with Crippen LogP contribution in [0.3, 0.4) is 0 Å². The monoisotopic (exact) mass is 161 g/mol. The predicted octanol–water partition coefficient (Wildman–Crippen LogP) is 0.519. The van der Waals surface area contributed by atoms with Gasteiger partial charge in [0, 0.05) is 5.92 Å². The zero-order valence-electron chi connectivity index (χ0n) is 6.37. The van der Waals surface area contributed by atoms with Crippen molar-refractivity contribution in [2.75, 3.05) is 0 Å². The van der Waals surface area contributed by atoms with E-state index in [1.54, 1.807) is 6.07 Å². The Morgan fingerprint density at radius 2 is 2.42 bits per heavy atom. The standard InChI is InChI=1S/C8H7N3O/c9-3-6-4-10-7(5-1-2-5)11-8(6)12/h4-5H,1-2H2,(H,10,11,12). The quantitative estimate of drug-likeness (QED) is 0.652. The fourth-order valence-electron chi connectivity index (χ4n) is 1.05. The number of nitrogens with one attached hydrogen (secondary N) is 1. The van der Waals surface area contributed by atoms with Crippen LogP contribution in [-0.4, -0.2) is 9.97 Å². The van der Waals surface area contributed by atoms with Gasteiger partial charge in [0.05, 0.1) is 6.20 Å². The van der Waals surface area contributed by atoms with Crippen molar-refractivity contribution in [3.05, 3.63) is 27.9 Å². The van der Waals surface area contributed by atoms with E-state index in [0.717, 1.165) is 18.7 Å². The normalized spacial score (nSPS) is 15.6. The van der Waals surface area contributed by atoms with Gasteiger partial charge in [-0.1, -0.05) is 0 Å². The molecule has 0 amide bonds. The van der Waals surface area contributed by atoms with Crippen LogP contribution in [0.25, 0.3) is 0 Å². The molecule has 1 saturated carbocycles. The van der Waals surface area contributed by atoms with Crippen LogP contribution < -0.4 is 5.56 Å². The lowest BCUT2D eigenvalue weighted by Gasteiger charge is -1.94. The zero-order valence-corrected chi connectivity index (χ0v) is 6.37. The summed E-state index contributed by atoms with van der Waals surface area (Å²) >= 11 is 0. The smallest absolute Gasteiger partial charge is 0.268 e. The average Bonchev–Trinajstić information content (AvgIpc) is 2.86. The molecule has 1 aliphatic carbocycles. The molecule has 1 aromatic rings. The van der Waals surface area contributed by atoms with Crippen LogP contribution in [0.4, 0.5) is 0 Å². The van der Waals surface area contributed by atoms with Gasteiger partial charge in [-0.3, -0.25) is 4.79 Å². The Hall–Kier alpha value is -1.63. The first-order chi connectivity index (χ1) is 5.81. The van der Waals surface area contributed by atoms with Gasteiger partial charge in [-0.25, -0.2) is 4.98 Å². The van der Waals surface area contributed by atoms with Gasteiger partial charge in [-0.05, 0) is 12.8 Å². The van der Waals surface area contributed by atoms with Gasteiger partial charge < -0.3 is 4.98 Å². The molecule has 4 heteroatoms. The van der Waals surface area contributed by atoms with Crippen molar-refractivity contribution in [1.29, 1.82) is 5.26 Å². The maximum atomic E-state index is 11.1. The molecule has 0 aromatic carbocycles. The topological polar surface area (TPSA) is 69.5 Å². The van der Waals surface area contributed by atoms with Crippen LogP contribution in [0.2, 0.25) is 0 Å². The highest BCUT2D eigenvalue weighted by molar-refractivity contribution is 5.23. The lowest BCUT2D eigenvalue weighted by Crippen LogP contribution is -2.13. The number of nitriles is 1. The van der Waals surface area contributed by atoms with Crippen molar-refractivity contribution in [2.45, 2.75) is 18.8 Å². The van der Waals surface area contributed by atoms with Gasteiger partial charge in [-0.15, -0.1) is 0 Å². The van der Waals surface area contributed by atoms with E-state index in [1.165, 1.54) is 6.20 Å². The minimum atomic E-state index is -0.325. The van der Waals surface area contributed by atoms with E-state index in [1.807, 2.05) is 0 Å². The van der Waals surface area contributed by atoms with Gasteiger partial charge >= 0.3 is 0 Å². The Labute approximate surface area is 68.9 Å². The maximum absolute atomic E-state index is 11.1. The second-order valence-electron chi connectivity index (χ2n) is 2.90. The lowest BCUT2D eigenvalue weighted by molar-refractivity contribution is 0.903. The molecule has 0 aliphatic heterocycles. The summed E-state index contributed by atoms with van der Waals surface area (Å²) in [7, 11) is 0. The third-order valence-corrected chi connectivity index (χ3v) is 1.90. The molecule has 0 atom stereocenters. The van der Waals surface area contributed by atoms with E-state index in [2.05, 4.69) is 9.97 Å². The maximum Gasteiger partial charge on any atom is 0.268 e. The summed E-state index contributed by atoms with van der Waals surface area (Å²) in [6.07, 6.45) is 3.52. The number of aromatic nitrogens is 2. The van der Waals surface area contributed by atoms with E-state index in [0.29, 0.717) is 5.92 Å². The summed E-state index contributed by atoms with van der Waals surface area (Å²) in [5, 5.41) is 8.45. The first-order valence-corrected chi connectivity index (χ1v) is 3.80. The van der Waals surface area contributed by atoms with Gasteiger partial charge in [0.15, 0.2) is 0 Å². The molecule has 1 N–H and O–H groups in total. The molecular weight excluding hydrogens is 154 g/mol. The van der Waals surface area contributed by atoms with Crippen molar-refractivity contribution in [3.8, 4) is 6.07 Å². The third kappa shape index (κ3) is 1.10. The Morgan fingerprint density at radius 1 is 1.67 bits per heavy atom. The average molecular weight is 161 g/mol. The molecule has 2 rings (SSSR count). The molecule has 0 bridgehead atoms. The number of hydrogen-bond donors (Lipinski definition) is 1. The zero-order chi connectivity index (χ0) is 8.55. The van der Waals surface area contributed by atoms with E-state index in [9.17, 15) is 4.79 Å². The molecule has 1 aliphatic rings. The first kappa shape index (κ1) is 7.04. The Balaban J connectivity index is 2.46. The van der Waals surface area contributed by atoms with E-state index in [-0.39, 0.29) is 11.1 Å². The molecule has 4 nitrogen and oxygen atoms in total. The minimum Gasteiger partial charge on any atom is -0.309 e. The largest absolute Gasteiger partial charge is 0.309 e. The van der Waals surface area contributed by atoms with Crippen molar-refractivity contribution < 1.29 is 0 Å². The van der Waals surface area contributed by atoms with Crippen LogP contribution in [0.5, 0.6) is 0 Å². The highest BCUT2D eigenvalue weighted by atomic mass is 16.1. The van der Waals surface area contributed by atoms with Crippen LogP contribution in [0.1, 0.15) is 30.1 Å². The summed E-state index contributed by atoms with van der Waals surface area (Å²) in [4.78, 5) is 17.7. The van der Waals surface area contributed by atoms with Crippen molar-refractivity contribution in [1.82, 2.24) is 9.97 Å². The summed E-state index contributed by atoms with van der Waals surface area (Å²) in [6.45, 7) is 0. The molecule has 0 saturated heterocycles. The second kappa shape index (κ2) is 2.45. The lowest BCUT2D eigenvalue weighted by atomic mass is 10.3. The van der Waals surface area contributed by atoms with E-state index < -0.39 is 0 Å². The molecule has 0 spiro atoms. The molecule has 0 radical (unpaired) electrons. The number of rotatable bonds is 1. The van der Waals surface area contributed by atoms with E-state index >= 15 is 0 Å². The number of hydrogen-bond acceptors (Lipinski definition) is 3. The Bertz CT molecular complexity index is 397. The molecule has 0 unspecified atom stereocenters. The Morgan fingerprint density at radius 3 is 2.92 bits per heavy atom. The second-order valence-corrected chi connectivity index (χ2v) is 2.90. The molecule has 1 fully saturated rings. The minimum absolute atomic E-state index is 0.0828. The van der Waals surface area contributed by atoms with Crippen LogP contribution in [0.15, 0.2) is 11.0 Å². The number of nitrogens with zero attached hydrogens (tertiary/aromatic N) is 2. The van der Waals surface area contributed by atoms with Crippen molar-refractivity contribution in [2.24, 2.45) is 0 Å². The third-order valence-electron chi connectivity index (χ3n) is 1.90. The van der Waals surface area contributed by atoms with Crippen LogP contribution >= 0.6 is 0 Å². The highest BCUT2D eigenvalue weighted by Gasteiger charge is 2.25. The van der Waals surface area contributed by atoms with Gasteiger partial charge in [0.2, 0.25) is 0 Å². The van der Waals surface area contributed by atoms with Crippen LogP contribution in [-0.2, 0) is 0 Å². The van der Waals surface area contributed by atoms with Gasteiger partial charge in [0.25, 0.3) is 5.56 Å². The number of H-pyrrole nitrogens is 1. The predicted molar refractivity (Wildman–Crippen MR) is 41.5 cm³/mol. The summed E-state index contributed by atoms with van der Waals surface area (Å²) in [6, 6.07) is 1.78. The van der Waals surface area contributed by atoms with Crippen molar-refractivity contribution in [3.63, 3.8) is 0 Å². The summed E-state index contributed by atoms with van der Waals surface area (Å²) in [5.74, 6) is 1.14. The van der Waals surface area contributed by atoms with Crippen LogP contribution in [0, 0.1) is 11.3 Å². The summed E-state index contributed by atoms with van der Waals surface area (Å²) < 4.78 is 0. The molecule has 12 heavy (non-hydrogen) atoms. The fourth-order valence-corrected chi connectivity index (χ4v) is 1.05. The SMILES string of the molecule is N#Cc1cnc(C2CC2)[nH]c1=O. The van der Waals surface area contributed by atoms with Crippen molar-refractivity contribution >= 4 is 0 Å².